The number of carbonyl (C=O) groups excluding carboxylic acids is 1. The van der Waals surface area contributed by atoms with Gasteiger partial charge >= 0.3 is 0 Å². The van der Waals surface area contributed by atoms with Crippen LogP contribution in [0.5, 0.6) is 0 Å². The van der Waals surface area contributed by atoms with Gasteiger partial charge in [-0.3, -0.25) is 4.79 Å². The van der Waals surface area contributed by atoms with E-state index in [1.165, 1.54) is 0 Å². The van der Waals surface area contributed by atoms with Gasteiger partial charge in [-0.2, -0.15) is 0 Å². The van der Waals surface area contributed by atoms with Crippen LogP contribution in [-0.2, 0) is 0 Å². The molecule has 1 aliphatic rings. The predicted molar refractivity (Wildman–Crippen MR) is 80.9 cm³/mol. The molecule has 5 heteroatoms. The molecule has 2 unspecified atom stereocenters. The lowest BCUT2D eigenvalue weighted by Crippen LogP contribution is -2.31. The SMILES string of the molecule is Nc1ccc2oc(C(=O)NCC3CCCC3CO)cc2c1. The Balaban J connectivity index is 1.66. The highest BCUT2D eigenvalue weighted by Gasteiger charge is 2.27. The molecule has 2 aromatic rings. The minimum absolute atomic E-state index is 0.199. The van der Waals surface area contributed by atoms with Gasteiger partial charge in [-0.05, 0) is 48.9 Å². The van der Waals surface area contributed by atoms with Crippen LogP contribution in [0.4, 0.5) is 5.69 Å². The third kappa shape index (κ3) is 2.88. The summed E-state index contributed by atoms with van der Waals surface area (Å²) in [5.74, 6) is 0.752. The molecule has 0 bridgehead atoms. The number of nitrogens with two attached hydrogens (primary N) is 1. The van der Waals surface area contributed by atoms with Crippen molar-refractivity contribution in [2.75, 3.05) is 18.9 Å². The molecule has 112 valence electrons. The highest BCUT2D eigenvalue weighted by atomic mass is 16.3. The summed E-state index contributed by atoms with van der Waals surface area (Å²) in [4.78, 5) is 12.2. The molecule has 1 fully saturated rings. The Morgan fingerprint density at radius 3 is 2.95 bits per heavy atom. The van der Waals surface area contributed by atoms with Gasteiger partial charge in [0, 0.05) is 24.2 Å². The van der Waals surface area contributed by atoms with Crippen LogP contribution in [0.15, 0.2) is 28.7 Å². The number of benzene rings is 1. The summed E-state index contributed by atoms with van der Waals surface area (Å²) >= 11 is 0. The van der Waals surface area contributed by atoms with Crippen LogP contribution >= 0.6 is 0 Å². The first-order valence-electron chi connectivity index (χ1n) is 7.35. The fourth-order valence-corrected chi connectivity index (χ4v) is 3.11. The topological polar surface area (TPSA) is 88.5 Å². The van der Waals surface area contributed by atoms with E-state index in [9.17, 15) is 9.90 Å². The zero-order valence-corrected chi connectivity index (χ0v) is 11.8. The van der Waals surface area contributed by atoms with E-state index in [0.717, 1.165) is 24.6 Å². The fraction of sp³-hybridized carbons (Fsp3) is 0.438. The van der Waals surface area contributed by atoms with E-state index >= 15 is 0 Å². The normalized spacial score (nSPS) is 21.8. The van der Waals surface area contributed by atoms with Gasteiger partial charge in [-0.25, -0.2) is 0 Å². The molecule has 1 heterocycles. The average Bonchev–Trinajstić information content (AvgIpc) is 3.10. The predicted octanol–water partition coefficient (Wildman–Crippen LogP) is 2.15. The number of fused-ring (bicyclic) bond motifs is 1. The van der Waals surface area contributed by atoms with E-state index < -0.39 is 0 Å². The fourth-order valence-electron chi connectivity index (χ4n) is 3.11. The smallest absolute Gasteiger partial charge is 0.287 e. The number of carbonyl (C=O) groups is 1. The molecular weight excluding hydrogens is 268 g/mol. The van der Waals surface area contributed by atoms with Crippen molar-refractivity contribution in [2.45, 2.75) is 19.3 Å². The van der Waals surface area contributed by atoms with E-state index in [1.54, 1.807) is 24.3 Å². The van der Waals surface area contributed by atoms with Gasteiger partial charge in [0.25, 0.3) is 5.91 Å². The second-order valence-corrected chi connectivity index (χ2v) is 5.75. The van der Waals surface area contributed by atoms with Crippen molar-refractivity contribution in [1.82, 2.24) is 5.32 Å². The monoisotopic (exact) mass is 288 g/mol. The van der Waals surface area contributed by atoms with E-state index in [0.29, 0.717) is 35.4 Å². The number of aliphatic hydroxyl groups excluding tert-OH is 1. The maximum absolute atomic E-state index is 12.2. The molecule has 0 radical (unpaired) electrons. The number of amides is 1. The highest BCUT2D eigenvalue weighted by Crippen LogP contribution is 2.30. The van der Waals surface area contributed by atoms with Gasteiger partial charge in [-0.15, -0.1) is 0 Å². The van der Waals surface area contributed by atoms with E-state index in [4.69, 9.17) is 10.2 Å². The average molecular weight is 288 g/mol. The van der Waals surface area contributed by atoms with Gasteiger partial charge in [0.1, 0.15) is 5.58 Å². The van der Waals surface area contributed by atoms with Crippen LogP contribution in [0.1, 0.15) is 29.8 Å². The molecule has 0 saturated heterocycles. The van der Waals surface area contributed by atoms with Gasteiger partial charge in [0.15, 0.2) is 5.76 Å². The van der Waals surface area contributed by atoms with E-state index in [1.807, 2.05) is 0 Å². The Morgan fingerprint density at radius 2 is 2.14 bits per heavy atom. The van der Waals surface area contributed by atoms with Crippen LogP contribution in [0.2, 0.25) is 0 Å². The zero-order valence-electron chi connectivity index (χ0n) is 11.8. The van der Waals surface area contributed by atoms with Crippen molar-refractivity contribution in [3.63, 3.8) is 0 Å². The van der Waals surface area contributed by atoms with Gasteiger partial charge in [-0.1, -0.05) is 6.42 Å². The minimum atomic E-state index is -0.214. The van der Waals surface area contributed by atoms with Gasteiger partial charge in [0.2, 0.25) is 0 Å². The molecule has 1 aromatic carbocycles. The van der Waals surface area contributed by atoms with Crippen molar-refractivity contribution in [2.24, 2.45) is 11.8 Å². The summed E-state index contributed by atoms with van der Waals surface area (Å²) in [6.07, 6.45) is 3.22. The summed E-state index contributed by atoms with van der Waals surface area (Å²) < 4.78 is 5.54. The first-order chi connectivity index (χ1) is 10.2. The molecule has 2 atom stereocenters. The number of anilines is 1. The molecule has 1 amide bonds. The number of aliphatic hydroxyl groups is 1. The lowest BCUT2D eigenvalue weighted by molar-refractivity contribution is 0.0912. The molecule has 4 N–H and O–H groups in total. The Morgan fingerprint density at radius 1 is 1.33 bits per heavy atom. The summed E-state index contributed by atoms with van der Waals surface area (Å²) in [6.45, 7) is 0.785. The second-order valence-electron chi connectivity index (χ2n) is 5.75. The van der Waals surface area contributed by atoms with Gasteiger partial charge in [0.05, 0.1) is 0 Å². The molecule has 1 aromatic heterocycles. The Kier molecular flexibility index (Phi) is 3.84. The highest BCUT2D eigenvalue weighted by molar-refractivity contribution is 5.96. The first-order valence-corrected chi connectivity index (χ1v) is 7.35. The molecular formula is C16H20N2O3. The molecule has 5 nitrogen and oxygen atoms in total. The van der Waals surface area contributed by atoms with E-state index in [2.05, 4.69) is 5.32 Å². The number of hydrogen-bond donors (Lipinski definition) is 3. The molecule has 3 rings (SSSR count). The van der Waals surface area contributed by atoms with Gasteiger partial charge < -0.3 is 20.6 Å². The van der Waals surface area contributed by atoms with Crippen LogP contribution < -0.4 is 11.1 Å². The molecule has 0 aliphatic heterocycles. The quantitative estimate of drug-likeness (QED) is 0.752. The standard InChI is InChI=1S/C16H20N2O3/c17-13-4-5-14-12(6-13)7-15(21-14)16(20)18-8-10-2-1-3-11(10)9-19/h4-7,10-11,19H,1-3,8-9,17H2,(H,18,20). The first kappa shape index (κ1) is 13.9. The Hall–Kier alpha value is -2.01. The Labute approximate surface area is 123 Å². The van der Waals surface area contributed by atoms with Crippen molar-refractivity contribution in [1.29, 1.82) is 0 Å². The maximum Gasteiger partial charge on any atom is 0.287 e. The molecule has 21 heavy (non-hydrogen) atoms. The van der Waals surface area contributed by atoms with Crippen LogP contribution in [0.3, 0.4) is 0 Å². The lowest BCUT2D eigenvalue weighted by Gasteiger charge is -2.17. The molecule has 1 aliphatic carbocycles. The largest absolute Gasteiger partial charge is 0.451 e. The molecule has 0 spiro atoms. The lowest BCUT2D eigenvalue weighted by atomic mass is 9.97. The van der Waals surface area contributed by atoms with Crippen LogP contribution in [-0.4, -0.2) is 24.2 Å². The number of rotatable bonds is 4. The Bertz CT molecular complexity index is 650. The number of furan rings is 1. The van der Waals surface area contributed by atoms with Crippen molar-refractivity contribution in [3.8, 4) is 0 Å². The molecule has 1 saturated carbocycles. The minimum Gasteiger partial charge on any atom is -0.451 e. The zero-order chi connectivity index (χ0) is 14.8. The summed E-state index contributed by atoms with van der Waals surface area (Å²) in [6, 6.07) is 7.01. The van der Waals surface area contributed by atoms with Crippen molar-refractivity contribution in [3.05, 3.63) is 30.0 Å². The number of hydrogen-bond acceptors (Lipinski definition) is 4. The number of nitrogens with one attached hydrogen (secondary N) is 1. The summed E-state index contributed by atoms with van der Waals surface area (Å²) in [5.41, 5.74) is 7.02. The van der Waals surface area contributed by atoms with E-state index in [-0.39, 0.29) is 12.5 Å². The van der Waals surface area contributed by atoms with Crippen molar-refractivity contribution >= 4 is 22.6 Å². The summed E-state index contributed by atoms with van der Waals surface area (Å²) in [7, 11) is 0. The van der Waals surface area contributed by atoms with Crippen molar-refractivity contribution < 1.29 is 14.3 Å². The van der Waals surface area contributed by atoms with Crippen LogP contribution in [0.25, 0.3) is 11.0 Å². The number of nitrogen functional groups attached to an aromatic ring is 1. The van der Waals surface area contributed by atoms with Crippen LogP contribution in [0, 0.1) is 11.8 Å². The second kappa shape index (κ2) is 5.77. The maximum atomic E-state index is 12.2. The summed E-state index contributed by atoms with van der Waals surface area (Å²) in [5, 5.41) is 13.0. The third-order valence-corrected chi connectivity index (χ3v) is 4.34. The third-order valence-electron chi connectivity index (χ3n) is 4.34.